The Morgan fingerprint density at radius 1 is 1.18 bits per heavy atom. The maximum absolute atomic E-state index is 11.4. The van der Waals surface area contributed by atoms with Gasteiger partial charge in [-0.2, -0.15) is 0 Å². The van der Waals surface area contributed by atoms with Crippen LogP contribution in [0.5, 0.6) is 5.75 Å². The lowest BCUT2D eigenvalue weighted by Gasteiger charge is -2.05. The van der Waals surface area contributed by atoms with E-state index in [1.165, 1.54) is 6.92 Å². The van der Waals surface area contributed by atoms with E-state index >= 15 is 0 Å². The van der Waals surface area contributed by atoms with Crippen molar-refractivity contribution < 1.29 is 14.6 Å². The SMILES string of the molecule is CC(O)=CC(=O)Oc1cccc2ccccc12. The Morgan fingerprint density at radius 3 is 2.65 bits per heavy atom. The first-order valence-electron chi connectivity index (χ1n) is 5.23. The Hall–Kier alpha value is -2.29. The van der Waals surface area contributed by atoms with Crippen LogP contribution < -0.4 is 4.74 Å². The van der Waals surface area contributed by atoms with Gasteiger partial charge in [0, 0.05) is 5.39 Å². The van der Waals surface area contributed by atoms with Crippen LogP contribution >= 0.6 is 0 Å². The van der Waals surface area contributed by atoms with Crippen LogP contribution in [0.1, 0.15) is 6.92 Å². The second-order valence-corrected chi connectivity index (χ2v) is 3.68. The lowest BCUT2D eigenvalue weighted by Crippen LogP contribution is -2.05. The third kappa shape index (κ3) is 2.64. The van der Waals surface area contributed by atoms with Crippen molar-refractivity contribution >= 4 is 16.7 Å². The summed E-state index contributed by atoms with van der Waals surface area (Å²) in [7, 11) is 0. The highest BCUT2D eigenvalue weighted by Gasteiger charge is 2.05. The number of hydrogen-bond acceptors (Lipinski definition) is 3. The average Bonchev–Trinajstić information content (AvgIpc) is 2.28. The number of benzene rings is 2. The molecule has 0 heterocycles. The number of rotatable bonds is 2. The first kappa shape index (κ1) is 11.2. The Kier molecular flexibility index (Phi) is 3.10. The van der Waals surface area contributed by atoms with Crippen LogP contribution in [-0.4, -0.2) is 11.1 Å². The van der Waals surface area contributed by atoms with Gasteiger partial charge in [-0.15, -0.1) is 0 Å². The minimum Gasteiger partial charge on any atom is -0.512 e. The molecule has 2 aromatic rings. The molecule has 0 aliphatic heterocycles. The van der Waals surface area contributed by atoms with Gasteiger partial charge in [0.25, 0.3) is 0 Å². The molecule has 1 N–H and O–H groups in total. The molecule has 0 aromatic heterocycles. The topological polar surface area (TPSA) is 46.5 Å². The van der Waals surface area contributed by atoms with Gasteiger partial charge in [0.05, 0.1) is 11.8 Å². The zero-order valence-corrected chi connectivity index (χ0v) is 9.38. The highest BCUT2D eigenvalue weighted by molar-refractivity contribution is 5.92. The quantitative estimate of drug-likeness (QED) is 0.371. The zero-order valence-electron chi connectivity index (χ0n) is 9.38. The molecule has 0 saturated carbocycles. The third-order valence-corrected chi connectivity index (χ3v) is 2.29. The summed E-state index contributed by atoms with van der Waals surface area (Å²) in [4.78, 5) is 11.4. The highest BCUT2D eigenvalue weighted by Crippen LogP contribution is 2.25. The van der Waals surface area contributed by atoms with Gasteiger partial charge in [-0.1, -0.05) is 36.4 Å². The highest BCUT2D eigenvalue weighted by atomic mass is 16.5. The van der Waals surface area contributed by atoms with Gasteiger partial charge < -0.3 is 9.84 Å². The molecule has 0 amide bonds. The molecular weight excluding hydrogens is 216 g/mol. The summed E-state index contributed by atoms with van der Waals surface area (Å²) in [5.41, 5.74) is 0. The van der Waals surface area contributed by atoms with E-state index in [0.29, 0.717) is 5.75 Å². The average molecular weight is 228 g/mol. The number of allylic oxidation sites excluding steroid dienone is 1. The Balaban J connectivity index is 2.36. The predicted molar refractivity (Wildman–Crippen MR) is 66.0 cm³/mol. The van der Waals surface area contributed by atoms with E-state index in [9.17, 15) is 4.79 Å². The molecular formula is C14H12O3. The maximum atomic E-state index is 11.4. The fourth-order valence-corrected chi connectivity index (χ4v) is 1.59. The van der Waals surface area contributed by atoms with Gasteiger partial charge in [-0.3, -0.25) is 0 Å². The minimum absolute atomic E-state index is 0.0739. The predicted octanol–water partition coefficient (Wildman–Crippen LogP) is 3.21. The van der Waals surface area contributed by atoms with Crippen molar-refractivity contribution in [1.82, 2.24) is 0 Å². The molecule has 0 radical (unpaired) electrons. The van der Waals surface area contributed by atoms with Gasteiger partial charge in [0.2, 0.25) is 0 Å². The summed E-state index contributed by atoms with van der Waals surface area (Å²) in [5, 5.41) is 10.8. The van der Waals surface area contributed by atoms with Crippen molar-refractivity contribution in [3.63, 3.8) is 0 Å². The Bertz CT molecular complexity index is 576. The first-order chi connectivity index (χ1) is 8.16. The van der Waals surface area contributed by atoms with E-state index in [1.807, 2.05) is 36.4 Å². The maximum Gasteiger partial charge on any atom is 0.339 e. The fraction of sp³-hybridized carbons (Fsp3) is 0.0714. The smallest absolute Gasteiger partial charge is 0.339 e. The number of hydrogen-bond donors (Lipinski definition) is 1. The van der Waals surface area contributed by atoms with Crippen LogP contribution in [-0.2, 0) is 4.79 Å². The Labute approximate surface area is 99.0 Å². The molecule has 3 nitrogen and oxygen atoms in total. The molecule has 2 aromatic carbocycles. The summed E-state index contributed by atoms with van der Waals surface area (Å²) in [6.07, 6.45) is 1.04. The van der Waals surface area contributed by atoms with Gasteiger partial charge in [-0.05, 0) is 18.4 Å². The number of aliphatic hydroxyl groups excluding tert-OH is 1. The van der Waals surface area contributed by atoms with Gasteiger partial charge in [0.15, 0.2) is 0 Å². The molecule has 0 atom stereocenters. The van der Waals surface area contributed by atoms with Gasteiger partial charge in [0.1, 0.15) is 5.75 Å². The molecule has 0 fully saturated rings. The van der Waals surface area contributed by atoms with E-state index in [0.717, 1.165) is 16.8 Å². The van der Waals surface area contributed by atoms with E-state index in [2.05, 4.69) is 0 Å². The number of aliphatic hydroxyl groups is 1. The second kappa shape index (κ2) is 4.70. The number of esters is 1. The molecule has 0 spiro atoms. The van der Waals surface area contributed by atoms with Crippen LogP contribution in [0.3, 0.4) is 0 Å². The molecule has 0 aliphatic rings. The molecule has 86 valence electrons. The lowest BCUT2D eigenvalue weighted by atomic mass is 10.1. The monoisotopic (exact) mass is 228 g/mol. The van der Waals surface area contributed by atoms with E-state index in [-0.39, 0.29) is 5.76 Å². The van der Waals surface area contributed by atoms with Crippen molar-refractivity contribution in [3.8, 4) is 5.75 Å². The summed E-state index contributed by atoms with van der Waals surface area (Å²) in [5.74, 6) is -0.165. The third-order valence-electron chi connectivity index (χ3n) is 2.29. The normalized spacial score (nSPS) is 11.5. The molecule has 17 heavy (non-hydrogen) atoms. The molecule has 0 saturated heterocycles. The van der Waals surface area contributed by atoms with Crippen molar-refractivity contribution in [1.29, 1.82) is 0 Å². The summed E-state index contributed by atoms with van der Waals surface area (Å²) in [6, 6.07) is 13.1. The van der Waals surface area contributed by atoms with E-state index < -0.39 is 5.97 Å². The standard InChI is InChI=1S/C14H12O3/c1-10(15)9-14(16)17-13-8-4-6-11-5-2-3-7-12(11)13/h2-9,15H,1H3. The second-order valence-electron chi connectivity index (χ2n) is 3.68. The first-order valence-corrected chi connectivity index (χ1v) is 5.23. The van der Waals surface area contributed by atoms with Gasteiger partial charge in [-0.25, -0.2) is 4.79 Å². The summed E-state index contributed by atoms with van der Waals surface area (Å²) < 4.78 is 5.16. The largest absolute Gasteiger partial charge is 0.512 e. The number of ether oxygens (including phenoxy) is 1. The molecule has 0 unspecified atom stereocenters. The molecule has 2 rings (SSSR count). The molecule has 3 heteroatoms. The lowest BCUT2D eigenvalue weighted by molar-refractivity contribution is -0.129. The van der Waals surface area contributed by atoms with Crippen molar-refractivity contribution in [2.75, 3.05) is 0 Å². The van der Waals surface area contributed by atoms with E-state index in [4.69, 9.17) is 9.84 Å². The van der Waals surface area contributed by atoms with E-state index in [1.54, 1.807) is 6.07 Å². The van der Waals surface area contributed by atoms with Crippen LogP contribution in [0.15, 0.2) is 54.3 Å². The number of carbonyl (C=O) groups excluding carboxylic acids is 1. The summed E-state index contributed by atoms with van der Waals surface area (Å²) in [6.45, 7) is 1.42. The van der Waals surface area contributed by atoms with Crippen LogP contribution in [0.2, 0.25) is 0 Å². The van der Waals surface area contributed by atoms with Crippen molar-refractivity contribution in [3.05, 3.63) is 54.3 Å². The van der Waals surface area contributed by atoms with Crippen molar-refractivity contribution in [2.45, 2.75) is 6.92 Å². The molecule has 0 aliphatic carbocycles. The number of fused-ring (bicyclic) bond motifs is 1. The van der Waals surface area contributed by atoms with Crippen LogP contribution in [0.4, 0.5) is 0 Å². The minimum atomic E-state index is -0.582. The zero-order chi connectivity index (χ0) is 12.3. The van der Waals surface area contributed by atoms with Crippen molar-refractivity contribution in [2.24, 2.45) is 0 Å². The fourth-order valence-electron chi connectivity index (χ4n) is 1.59. The molecule has 0 bridgehead atoms. The van der Waals surface area contributed by atoms with Gasteiger partial charge >= 0.3 is 5.97 Å². The Morgan fingerprint density at radius 2 is 1.88 bits per heavy atom. The van der Waals surface area contributed by atoms with Crippen LogP contribution in [0.25, 0.3) is 10.8 Å². The van der Waals surface area contributed by atoms with Crippen LogP contribution in [0, 0.1) is 0 Å². The number of carbonyl (C=O) groups is 1. The summed E-state index contributed by atoms with van der Waals surface area (Å²) >= 11 is 0.